The Labute approximate surface area is 168 Å². The van der Waals surface area contributed by atoms with Gasteiger partial charge in [-0.05, 0) is 38.5 Å². The monoisotopic (exact) mass is 421 g/mol. The number of aryl methyl sites for hydroxylation is 1. The number of cyclic esters (lactones) is 1. The van der Waals surface area contributed by atoms with Crippen molar-refractivity contribution in [2.45, 2.75) is 50.0 Å². The third kappa shape index (κ3) is 4.19. The molecule has 3 atom stereocenters. The van der Waals surface area contributed by atoms with Gasteiger partial charge in [-0.3, -0.25) is 0 Å². The van der Waals surface area contributed by atoms with E-state index in [9.17, 15) is 13.2 Å². The van der Waals surface area contributed by atoms with Crippen LogP contribution >= 0.6 is 0 Å². The van der Waals surface area contributed by atoms with E-state index in [4.69, 9.17) is 4.74 Å². The fourth-order valence-electron chi connectivity index (χ4n) is 3.04. The van der Waals surface area contributed by atoms with Crippen LogP contribution in [0.1, 0.15) is 38.0 Å². The molecule has 0 aliphatic carbocycles. The quantitative estimate of drug-likeness (QED) is 0.747. The summed E-state index contributed by atoms with van der Waals surface area (Å²) in [5, 5.41) is -0.121. The molecule has 1 aliphatic rings. The van der Waals surface area contributed by atoms with Gasteiger partial charge in [0.15, 0.2) is 6.10 Å². The van der Waals surface area contributed by atoms with Crippen LogP contribution in [0.4, 0.5) is 4.79 Å². The van der Waals surface area contributed by atoms with Gasteiger partial charge >= 0.3 is 6.09 Å². The second kappa shape index (κ2) is 8.14. The molecule has 1 fully saturated rings. The summed E-state index contributed by atoms with van der Waals surface area (Å²) in [5.41, 5.74) is 1.86. The third-order valence-corrected chi connectivity index (χ3v) is 8.78. The van der Waals surface area contributed by atoms with Gasteiger partial charge in [0.1, 0.15) is 10.9 Å². The Kier molecular flexibility index (Phi) is 6.02. The van der Waals surface area contributed by atoms with Crippen LogP contribution in [0.2, 0.25) is 0 Å². The van der Waals surface area contributed by atoms with Crippen molar-refractivity contribution in [3.63, 3.8) is 0 Å². The molecule has 1 heterocycles. The zero-order valence-electron chi connectivity index (χ0n) is 16.3. The minimum atomic E-state index is -3.77. The number of amides is 1. The van der Waals surface area contributed by atoms with Gasteiger partial charge in [-0.15, -0.1) is 4.13 Å². The largest absolute Gasteiger partial charge is 0.606 e. The molecule has 0 unspecified atom stereocenters. The lowest BCUT2D eigenvalue weighted by Gasteiger charge is -2.14. The highest BCUT2D eigenvalue weighted by Crippen LogP contribution is 2.31. The van der Waals surface area contributed by atoms with Gasteiger partial charge in [-0.1, -0.05) is 52.0 Å². The van der Waals surface area contributed by atoms with Gasteiger partial charge in [-0.25, -0.2) is 8.42 Å². The zero-order valence-corrected chi connectivity index (χ0v) is 18.0. The summed E-state index contributed by atoms with van der Waals surface area (Å²) in [7, 11) is -4.84. The van der Waals surface area contributed by atoms with Gasteiger partial charge in [0.2, 0.25) is 6.04 Å². The molecule has 0 radical (unpaired) electrons. The first-order chi connectivity index (χ1) is 13.2. The van der Waals surface area contributed by atoms with Crippen molar-refractivity contribution < 1.29 is 21.9 Å². The molecule has 1 N–H and O–H groups in total. The molecule has 150 valence electrons. The number of ether oxygens (including phenoxy) is 1. The molecule has 6 nitrogen and oxygen atoms in total. The lowest BCUT2D eigenvalue weighted by molar-refractivity contribution is -0.429. The Morgan fingerprint density at radius 2 is 1.68 bits per heavy atom. The van der Waals surface area contributed by atoms with E-state index in [0.29, 0.717) is 0 Å². The SMILES string of the molecule is Cc1ccc(S(=O)(=O)N/[S@](C(C)C)=[N+]2/C(=O)O[C@@H](c3ccccc3)[C@H]2C)cc1. The van der Waals surface area contributed by atoms with Gasteiger partial charge in [0.05, 0.1) is 10.1 Å². The van der Waals surface area contributed by atoms with E-state index in [1.807, 2.05) is 58.0 Å². The first-order valence-electron chi connectivity index (χ1n) is 9.08. The number of rotatable bonds is 5. The number of benzene rings is 2. The number of sulfonamides is 1. The molecular formula is C20H25N2O4S2+. The second-order valence-corrected chi connectivity index (χ2v) is 11.2. The van der Waals surface area contributed by atoms with Crippen molar-refractivity contribution in [3.8, 4) is 0 Å². The summed E-state index contributed by atoms with van der Waals surface area (Å²) in [5.74, 6) is 0. The minimum absolute atomic E-state index is 0.121. The lowest BCUT2D eigenvalue weighted by Crippen LogP contribution is -2.40. The van der Waals surface area contributed by atoms with Crippen molar-refractivity contribution in [3.05, 3.63) is 65.7 Å². The number of hydrogen-bond acceptors (Lipinski definition) is 4. The van der Waals surface area contributed by atoms with Crippen LogP contribution in [-0.2, 0) is 25.6 Å². The molecule has 2 aromatic rings. The Bertz CT molecular complexity index is 1000. The number of carbonyl (C=O) groups is 1. The number of carbonyl (C=O) groups excluding carboxylic acids is 1. The van der Waals surface area contributed by atoms with Gasteiger partial charge in [0, 0.05) is 6.92 Å². The molecule has 1 aliphatic heterocycles. The average molecular weight is 422 g/mol. The predicted molar refractivity (Wildman–Crippen MR) is 109 cm³/mol. The van der Waals surface area contributed by atoms with E-state index < -0.39 is 33.1 Å². The predicted octanol–water partition coefficient (Wildman–Crippen LogP) is 3.69. The van der Waals surface area contributed by atoms with Crippen LogP contribution in [0.5, 0.6) is 0 Å². The highest BCUT2D eigenvalue weighted by Gasteiger charge is 2.48. The summed E-state index contributed by atoms with van der Waals surface area (Å²) in [6, 6.07) is 15.8. The second-order valence-electron chi connectivity index (χ2n) is 7.04. The molecule has 2 aromatic carbocycles. The standard InChI is InChI=1S/C20H24N2O4S2/c1-14(2)27(21-28(24,25)18-12-10-15(3)11-13-18)22-16(4)19(26-20(22)23)17-8-6-5-7-9-17/h5-14,16,19H,1-4H3/p+1/t16-,19-,27+/m1/s1. The molecule has 0 aromatic heterocycles. The topological polar surface area (TPSA) is 75.5 Å². The lowest BCUT2D eigenvalue weighted by atomic mass is 10.0. The van der Waals surface area contributed by atoms with Crippen molar-refractivity contribution in [1.29, 1.82) is 0 Å². The smallest absolute Gasteiger partial charge is 0.396 e. The van der Waals surface area contributed by atoms with Crippen LogP contribution in [0, 0.1) is 6.92 Å². The summed E-state index contributed by atoms with van der Waals surface area (Å²) < 4.78 is 35.6. The van der Waals surface area contributed by atoms with E-state index in [-0.39, 0.29) is 16.2 Å². The van der Waals surface area contributed by atoms with E-state index in [0.717, 1.165) is 11.1 Å². The highest BCUT2D eigenvalue weighted by molar-refractivity contribution is 8.02. The van der Waals surface area contributed by atoms with Gasteiger partial charge < -0.3 is 4.74 Å². The van der Waals surface area contributed by atoms with Crippen molar-refractivity contribution in [2.24, 2.45) is 0 Å². The Balaban J connectivity index is 1.99. The van der Waals surface area contributed by atoms with Crippen LogP contribution in [0.15, 0.2) is 59.5 Å². The average Bonchev–Trinajstić information content (AvgIpc) is 2.95. The molecule has 28 heavy (non-hydrogen) atoms. The molecular weight excluding hydrogens is 396 g/mol. The van der Waals surface area contributed by atoms with Crippen LogP contribution in [0.25, 0.3) is 0 Å². The summed E-state index contributed by atoms with van der Waals surface area (Å²) in [4.78, 5) is 12.8. The fourth-order valence-corrected chi connectivity index (χ4v) is 7.03. The van der Waals surface area contributed by atoms with E-state index >= 15 is 0 Å². The fraction of sp³-hybridized carbons (Fsp3) is 0.350. The maximum absolute atomic E-state index is 12.9. The van der Waals surface area contributed by atoms with E-state index in [2.05, 4.69) is 4.13 Å². The van der Waals surface area contributed by atoms with Crippen molar-refractivity contribution in [2.75, 3.05) is 0 Å². The van der Waals surface area contributed by atoms with Crippen LogP contribution in [0.3, 0.4) is 0 Å². The van der Waals surface area contributed by atoms with Crippen LogP contribution < -0.4 is 4.13 Å². The van der Waals surface area contributed by atoms with Gasteiger partial charge in [0.25, 0.3) is 10.0 Å². The van der Waals surface area contributed by atoms with Crippen molar-refractivity contribution in [1.82, 2.24) is 4.13 Å². The normalized spacial score (nSPS) is 22.3. The minimum Gasteiger partial charge on any atom is -0.396 e. The van der Waals surface area contributed by atoms with E-state index in [1.165, 1.54) is 3.95 Å². The maximum Gasteiger partial charge on any atom is 0.606 e. The Hall–Kier alpha value is -2.03. The van der Waals surface area contributed by atoms with Crippen LogP contribution in [-0.4, -0.2) is 29.7 Å². The maximum atomic E-state index is 12.9. The van der Waals surface area contributed by atoms with E-state index in [1.54, 1.807) is 24.3 Å². The molecule has 1 amide bonds. The summed E-state index contributed by atoms with van der Waals surface area (Å²) in [6.45, 7) is 7.55. The van der Waals surface area contributed by atoms with Crippen molar-refractivity contribution >= 4 is 27.0 Å². The molecule has 0 saturated carbocycles. The molecule has 3 rings (SSSR count). The highest BCUT2D eigenvalue weighted by atomic mass is 32.3. The number of nitrogens with zero attached hydrogens (tertiary/aromatic N) is 1. The molecule has 0 spiro atoms. The summed E-state index contributed by atoms with van der Waals surface area (Å²) in [6.07, 6.45) is -0.948. The molecule has 8 heteroatoms. The first-order valence-corrected chi connectivity index (χ1v) is 11.8. The molecule has 0 bridgehead atoms. The zero-order chi connectivity index (χ0) is 20.5. The Morgan fingerprint density at radius 1 is 1.07 bits per heavy atom. The molecule has 1 saturated heterocycles. The third-order valence-electron chi connectivity index (χ3n) is 4.53. The van der Waals surface area contributed by atoms with Gasteiger partial charge in [-0.2, -0.15) is 4.79 Å². The Morgan fingerprint density at radius 3 is 2.25 bits per heavy atom. The summed E-state index contributed by atoms with van der Waals surface area (Å²) >= 11 is 0. The first kappa shape index (κ1) is 20.7. The number of hydrogen-bond donors (Lipinski definition) is 1. The number of nitrogens with one attached hydrogen (secondary N) is 1.